The molecule has 4 rings (SSSR count). The van der Waals surface area contributed by atoms with Crippen molar-refractivity contribution in [2.24, 2.45) is 0 Å². The molecule has 0 spiro atoms. The van der Waals surface area contributed by atoms with E-state index in [1.807, 2.05) is 25.1 Å². The van der Waals surface area contributed by atoms with Crippen molar-refractivity contribution >= 4 is 45.7 Å². The lowest BCUT2D eigenvalue weighted by Crippen LogP contribution is -2.21. The highest BCUT2D eigenvalue weighted by Crippen LogP contribution is 2.33. The maximum Gasteiger partial charge on any atom is 0.325 e. The zero-order valence-electron chi connectivity index (χ0n) is 17.9. The van der Waals surface area contributed by atoms with Crippen LogP contribution in [0.15, 0.2) is 82.3 Å². The van der Waals surface area contributed by atoms with Crippen LogP contribution in [0.5, 0.6) is 5.75 Å². The number of urea groups is 1. The molecule has 33 heavy (non-hydrogen) atoms. The van der Waals surface area contributed by atoms with Gasteiger partial charge in [0, 0.05) is 22.9 Å². The molecule has 0 bridgehead atoms. The highest BCUT2D eigenvalue weighted by molar-refractivity contribution is 8.01. The van der Waals surface area contributed by atoms with E-state index in [9.17, 15) is 9.59 Å². The number of ether oxygens (including phenoxy) is 1. The molecule has 0 aliphatic rings. The van der Waals surface area contributed by atoms with E-state index in [-0.39, 0.29) is 5.78 Å². The summed E-state index contributed by atoms with van der Waals surface area (Å²) in [5.74, 6) is 0.233. The highest BCUT2D eigenvalue weighted by Gasteiger charge is 2.19. The number of rotatable bonds is 7. The lowest BCUT2D eigenvalue weighted by Gasteiger charge is -2.13. The Morgan fingerprint density at radius 3 is 2.64 bits per heavy atom. The molecule has 0 radical (unpaired) electrons. The smallest absolute Gasteiger partial charge is 0.325 e. The van der Waals surface area contributed by atoms with Crippen molar-refractivity contribution in [3.8, 4) is 5.75 Å². The van der Waals surface area contributed by atoms with Gasteiger partial charge in [-0.25, -0.2) is 9.78 Å². The molecular formula is C24H20N4O3S2. The Kier molecular flexibility index (Phi) is 7.01. The number of nitrogens with one attached hydrogen (secondary N) is 2. The fourth-order valence-electron chi connectivity index (χ4n) is 3.07. The summed E-state index contributed by atoms with van der Waals surface area (Å²) in [5, 5.41) is 5.95. The van der Waals surface area contributed by atoms with Gasteiger partial charge in [-0.3, -0.25) is 15.1 Å². The molecule has 0 saturated carbocycles. The molecule has 0 saturated heterocycles. The predicted molar refractivity (Wildman–Crippen MR) is 131 cm³/mol. The van der Waals surface area contributed by atoms with Gasteiger partial charge in [-0.1, -0.05) is 46.9 Å². The van der Waals surface area contributed by atoms with E-state index in [4.69, 9.17) is 4.74 Å². The van der Waals surface area contributed by atoms with E-state index in [2.05, 4.69) is 20.6 Å². The third-order valence-corrected chi connectivity index (χ3v) is 6.57. The van der Waals surface area contributed by atoms with Crippen LogP contribution >= 0.6 is 23.1 Å². The lowest BCUT2D eigenvalue weighted by molar-refractivity contribution is 0.103. The van der Waals surface area contributed by atoms with Crippen molar-refractivity contribution in [3.05, 3.63) is 89.9 Å². The van der Waals surface area contributed by atoms with E-state index < -0.39 is 6.03 Å². The number of thiazole rings is 1. The number of anilines is 2. The van der Waals surface area contributed by atoms with Crippen LogP contribution in [0.2, 0.25) is 0 Å². The summed E-state index contributed by atoms with van der Waals surface area (Å²) in [4.78, 5) is 35.2. The molecule has 0 fully saturated rings. The molecule has 2 aromatic carbocycles. The zero-order chi connectivity index (χ0) is 23.2. The van der Waals surface area contributed by atoms with Crippen LogP contribution in [0, 0.1) is 6.92 Å². The van der Waals surface area contributed by atoms with Gasteiger partial charge < -0.3 is 10.1 Å². The third-order valence-electron chi connectivity index (χ3n) is 4.58. The predicted octanol–water partition coefficient (Wildman–Crippen LogP) is 5.88. The number of carbonyl (C=O) groups excluding carboxylic acids is 2. The first-order valence-electron chi connectivity index (χ1n) is 9.93. The first kappa shape index (κ1) is 22.5. The Morgan fingerprint density at radius 2 is 1.85 bits per heavy atom. The summed E-state index contributed by atoms with van der Waals surface area (Å²) in [6.07, 6.45) is 5.17. The van der Waals surface area contributed by atoms with Crippen LogP contribution in [-0.2, 0) is 0 Å². The van der Waals surface area contributed by atoms with Gasteiger partial charge in [0.05, 0.1) is 28.8 Å². The summed E-state index contributed by atoms with van der Waals surface area (Å²) in [5.41, 5.74) is 2.10. The minimum Gasteiger partial charge on any atom is -0.496 e. The molecule has 9 heteroatoms. The Morgan fingerprint density at radius 1 is 1.00 bits per heavy atom. The molecule has 0 aliphatic heterocycles. The van der Waals surface area contributed by atoms with E-state index in [1.54, 1.807) is 55.0 Å². The largest absolute Gasteiger partial charge is 0.496 e. The SMILES string of the molecule is COc1ccccc1C(=O)c1cc(C)ccc1NC(=O)Nc1ncc(Sc2cccnc2)s1. The molecule has 2 N–H and O–H groups in total. The van der Waals surface area contributed by atoms with Crippen LogP contribution in [0.25, 0.3) is 0 Å². The van der Waals surface area contributed by atoms with Crippen molar-refractivity contribution in [2.75, 3.05) is 17.7 Å². The van der Waals surface area contributed by atoms with Crippen LogP contribution in [0.4, 0.5) is 15.6 Å². The summed E-state index contributed by atoms with van der Waals surface area (Å²) in [7, 11) is 1.52. The van der Waals surface area contributed by atoms with Crippen LogP contribution in [0.1, 0.15) is 21.5 Å². The molecule has 166 valence electrons. The number of carbonyl (C=O) groups is 2. The van der Waals surface area contributed by atoms with Gasteiger partial charge in [0.25, 0.3) is 0 Å². The molecule has 0 unspecified atom stereocenters. The molecule has 0 atom stereocenters. The second-order valence-electron chi connectivity index (χ2n) is 6.93. The summed E-state index contributed by atoms with van der Waals surface area (Å²) in [6.45, 7) is 1.89. The van der Waals surface area contributed by atoms with E-state index in [0.717, 1.165) is 14.7 Å². The number of benzene rings is 2. The molecule has 7 nitrogen and oxygen atoms in total. The minimum atomic E-state index is -0.486. The quantitative estimate of drug-likeness (QED) is 0.324. The lowest BCUT2D eigenvalue weighted by atomic mass is 9.99. The number of pyridine rings is 1. The second kappa shape index (κ2) is 10.3. The van der Waals surface area contributed by atoms with Crippen molar-refractivity contribution in [1.82, 2.24) is 9.97 Å². The van der Waals surface area contributed by atoms with E-state index in [0.29, 0.717) is 27.7 Å². The fraction of sp³-hybridized carbons (Fsp3) is 0.0833. The average molecular weight is 477 g/mol. The van der Waals surface area contributed by atoms with Gasteiger partial charge in [-0.2, -0.15) is 0 Å². The van der Waals surface area contributed by atoms with Crippen molar-refractivity contribution < 1.29 is 14.3 Å². The van der Waals surface area contributed by atoms with Crippen molar-refractivity contribution in [3.63, 3.8) is 0 Å². The monoisotopic (exact) mass is 476 g/mol. The number of para-hydroxylation sites is 1. The number of hydrogen-bond acceptors (Lipinski definition) is 7. The van der Waals surface area contributed by atoms with Crippen molar-refractivity contribution in [1.29, 1.82) is 0 Å². The third kappa shape index (κ3) is 5.57. The number of ketones is 1. The first-order valence-corrected chi connectivity index (χ1v) is 11.6. The second-order valence-corrected chi connectivity index (χ2v) is 9.34. The summed E-state index contributed by atoms with van der Waals surface area (Å²) in [6, 6.07) is 15.6. The molecular weight excluding hydrogens is 456 g/mol. The summed E-state index contributed by atoms with van der Waals surface area (Å²) >= 11 is 2.86. The van der Waals surface area contributed by atoms with Crippen LogP contribution in [-0.4, -0.2) is 28.9 Å². The number of nitrogens with zero attached hydrogens (tertiary/aromatic N) is 2. The molecule has 2 aromatic heterocycles. The number of hydrogen-bond donors (Lipinski definition) is 2. The molecule has 0 aliphatic carbocycles. The van der Waals surface area contributed by atoms with Gasteiger partial charge in [-0.15, -0.1) is 0 Å². The molecule has 2 amide bonds. The molecule has 4 aromatic rings. The fourth-order valence-corrected chi connectivity index (χ4v) is 4.91. The first-order chi connectivity index (χ1) is 16.0. The van der Waals surface area contributed by atoms with Gasteiger partial charge >= 0.3 is 6.03 Å². The minimum absolute atomic E-state index is 0.240. The Hall–Kier alpha value is -3.69. The van der Waals surface area contributed by atoms with Gasteiger partial charge in [0.15, 0.2) is 10.9 Å². The van der Waals surface area contributed by atoms with Crippen LogP contribution in [0.3, 0.4) is 0 Å². The highest BCUT2D eigenvalue weighted by atomic mass is 32.2. The topological polar surface area (TPSA) is 93.2 Å². The van der Waals surface area contributed by atoms with Crippen LogP contribution < -0.4 is 15.4 Å². The number of methoxy groups -OCH3 is 1. The van der Waals surface area contributed by atoms with Gasteiger partial charge in [0.1, 0.15) is 5.75 Å². The number of aryl methyl sites for hydroxylation is 1. The average Bonchev–Trinajstić information content (AvgIpc) is 3.26. The van der Waals surface area contributed by atoms with E-state index >= 15 is 0 Å². The Labute approximate surface area is 199 Å². The van der Waals surface area contributed by atoms with Gasteiger partial charge in [-0.05, 0) is 43.3 Å². The Bertz CT molecular complexity index is 1290. The normalized spacial score (nSPS) is 10.5. The Balaban J connectivity index is 1.49. The standard InChI is InChI=1S/C24H20N4O3S2/c1-15-9-10-19(18(12-15)22(29)17-7-3-4-8-20(17)31-2)27-23(30)28-24-26-14-21(33-24)32-16-6-5-11-25-13-16/h3-14H,1-2H3,(H2,26,27,28,30). The molecule has 2 heterocycles. The summed E-state index contributed by atoms with van der Waals surface area (Å²) < 4.78 is 6.25. The maximum atomic E-state index is 13.2. The maximum absolute atomic E-state index is 13.2. The van der Waals surface area contributed by atoms with Crippen molar-refractivity contribution in [2.45, 2.75) is 16.0 Å². The number of aromatic nitrogens is 2. The van der Waals surface area contributed by atoms with E-state index in [1.165, 1.54) is 30.2 Å². The zero-order valence-corrected chi connectivity index (χ0v) is 19.5. The number of amides is 2. The van der Waals surface area contributed by atoms with Gasteiger partial charge in [0.2, 0.25) is 0 Å².